The van der Waals surface area contributed by atoms with Crippen molar-refractivity contribution in [2.24, 2.45) is 0 Å². The van der Waals surface area contributed by atoms with Crippen molar-refractivity contribution < 1.29 is 9.47 Å². The van der Waals surface area contributed by atoms with Gasteiger partial charge in [-0.05, 0) is 13.3 Å². The molecule has 0 amide bonds. The van der Waals surface area contributed by atoms with E-state index in [1.807, 2.05) is 0 Å². The average Bonchev–Trinajstić information content (AvgIpc) is 2.71. The lowest BCUT2D eigenvalue weighted by molar-refractivity contribution is 0.0337. The zero-order valence-electron chi connectivity index (χ0n) is 9.58. The van der Waals surface area contributed by atoms with Crippen LogP contribution in [0.1, 0.15) is 13.3 Å². The van der Waals surface area contributed by atoms with Crippen LogP contribution in [-0.2, 0) is 9.47 Å². The van der Waals surface area contributed by atoms with Crippen LogP contribution in [-0.4, -0.2) is 63.0 Å². The summed E-state index contributed by atoms with van der Waals surface area (Å²) in [6, 6.07) is 1.12. The third kappa shape index (κ3) is 3.72. The van der Waals surface area contributed by atoms with Gasteiger partial charge >= 0.3 is 0 Å². The van der Waals surface area contributed by atoms with Crippen LogP contribution >= 0.6 is 0 Å². The van der Waals surface area contributed by atoms with E-state index in [2.05, 4.69) is 17.1 Å². The maximum absolute atomic E-state index is 5.35. The van der Waals surface area contributed by atoms with Gasteiger partial charge in [0.15, 0.2) is 0 Å². The monoisotopic (exact) mass is 214 g/mol. The summed E-state index contributed by atoms with van der Waals surface area (Å²) in [7, 11) is 0. The summed E-state index contributed by atoms with van der Waals surface area (Å²) >= 11 is 0. The highest BCUT2D eigenvalue weighted by Gasteiger charge is 2.19. The molecule has 0 aromatic carbocycles. The Morgan fingerprint density at radius 3 is 2.73 bits per heavy atom. The van der Waals surface area contributed by atoms with Gasteiger partial charge in [-0.2, -0.15) is 0 Å². The molecule has 0 bridgehead atoms. The van der Waals surface area contributed by atoms with Crippen molar-refractivity contribution in [1.82, 2.24) is 10.2 Å². The van der Waals surface area contributed by atoms with Gasteiger partial charge in [-0.15, -0.1) is 0 Å². The second-order valence-corrected chi connectivity index (χ2v) is 4.54. The van der Waals surface area contributed by atoms with Crippen molar-refractivity contribution in [2.45, 2.75) is 25.4 Å². The Balaban J connectivity index is 1.64. The smallest absolute Gasteiger partial charge is 0.0620 e. The first-order valence-corrected chi connectivity index (χ1v) is 5.98. The topological polar surface area (TPSA) is 33.7 Å². The van der Waals surface area contributed by atoms with E-state index in [0.29, 0.717) is 12.1 Å². The summed E-state index contributed by atoms with van der Waals surface area (Å²) in [6.45, 7) is 9.11. The van der Waals surface area contributed by atoms with Gasteiger partial charge in [0, 0.05) is 38.3 Å². The minimum absolute atomic E-state index is 0.551. The van der Waals surface area contributed by atoms with Gasteiger partial charge in [-0.1, -0.05) is 0 Å². The third-order valence-electron chi connectivity index (χ3n) is 3.09. The highest BCUT2D eigenvalue weighted by molar-refractivity contribution is 4.77. The van der Waals surface area contributed by atoms with E-state index in [4.69, 9.17) is 9.47 Å². The van der Waals surface area contributed by atoms with Gasteiger partial charge in [-0.3, -0.25) is 4.90 Å². The van der Waals surface area contributed by atoms with Gasteiger partial charge < -0.3 is 14.8 Å². The first-order chi connectivity index (χ1) is 7.34. The summed E-state index contributed by atoms with van der Waals surface area (Å²) in [5.74, 6) is 0. The number of nitrogens with one attached hydrogen (secondary N) is 1. The quantitative estimate of drug-likeness (QED) is 0.719. The molecule has 0 aromatic heterocycles. The average molecular weight is 214 g/mol. The summed E-state index contributed by atoms with van der Waals surface area (Å²) in [4.78, 5) is 2.47. The number of rotatable bonds is 4. The first kappa shape index (κ1) is 11.3. The van der Waals surface area contributed by atoms with Crippen LogP contribution in [0.4, 0.5) is 0 Å². The summed E-state index contributed by atoms with van der Waals surface area (Å²) in [6.07, 6.45) is 1.16. The summed E-state index contributed by atoms with van der Waals surface area (Å²) < 4.78 is 10.7. The summed E-state index contributed by atoms with van der Waals surface area (Å²) in [5, 5.41) is 3.62. The van der Waals surface area contributed by atoms with E-state index in [1.165, 1.54) is 0 Å². The number of morpholine rings is 1. The van der Waals surface area contributed by atoms with E-state index in [1.54, 1.807) is 0 Å². The van der Waals surface area contributed by atoms with Crippen molar-refractivity contribution in [1.29, 1.82) is 0 Å². The molecule has 2 unspecified atom stereocenters. The number of nitrogens with zero attached hydrogens (tertiary/aromatic N) is 1. The molecule has 2 heterocycles. The molecular formula is C11H22N2O2. The highest BCUT2D eigenvalue weighted by atomic mass is 16.5. The van der Waals surface area contributed by atoms with E-state index in [9.17, 15) is 0 Å². The molecule has 0 spiro atoms. The van der Waals surface area contributed by atoms with Crippen molar-refractivity contribution >= 4 is 0 Å². The van der Waals surface area contributed by atoms with Crippen molar-refractivity contribution in [3.63, 3.8) is 0 Å². The second kappa shape index (κ2) is 5.80. The standard InChI is InChI=1S/C11H22N2O2/c1-10(12-11-2-5-15-9-11)8-13-3-6-14-7-4-13/h10-12H,2-9H2,1H3. The maximum atomic E-state index is 5.35. The zero-order valence-corrected chi connectivity index (χ0v) is 9.58. The lowest BCUT2D eigenvalue weighted by Gasteiger charge is -2.30. The molecule has 2 saturated heterocycles. The van der Waals surface area contributed by atoms with Crippen molar-refractivity contribution in [3.8, 4) is 0 Å². The molecule has 2 rings (SSSR count). The van der Waals surface area contributed by atoms with Gasteiger partial charge in [0.05, 0.1) is 19.8 Å². The van der Waals surface area contributed by atoms with Crippen LogP contribution in [0.5, 0.6) is 0 Å². The first-order valence-electron chi connectivity index (χ1n) is 5.98. The molecule has 1 N–H and O–H groups in total. The van der Waals surface area contributed by atoms with Crippen LogP contribution in [0.25, 0.3) is 0 Å². The Morgan fingerprint density at radius 2 is 2.07 bits per heavy atom. The number of hydrogen-bond acceptors (Lipinski definition) is 4. The third-order valence-corrected chi connectivity index (χ3v) is 3.09. The SMILES string of the molecule is CC(CN1CCOCC1)NC1CCOC1. The molecule has 2 aliphatic rings. The predicted molar refractivity (Wildman–Crippen MR) is 59.1 cm³/mol. The van der Waals surface area contributed by atoms with Crippen molar-refractivity contribution in [2.75, 3.05) is 46.1 Å². The van der Waals surface area contributed by atoms with E-state index in [-0.39, 0.29) is 0 Å². The number of hydrogen-bond donors (Lipinski definition) is 1. The fourth-order valence-electron chi connectivity index (χ4n) is 2.29. The molecule has 2 fully saturated rings. The molecule has 4 heteroatoms. The highest BCUT2D eigenvalue weighted by Crippen LogP contribution is 2.05. The molecule has 0 aliphatic carbocycles. The van der Waals surface area contributed by atoms with E-state index >= 15 is 0 Å². The van der Waals surface area contributed by atoms with Crippen LogP contribution in [0.2, 0.25) is 0 Å². The van der Waals surface area contributed by atoms with Crippen LogP contribution in [0, 0.1) is 0 Å². The lowest BCUT2D eigenvalue weighted by atomic mass is 10.2. The molecule has 0 radical (unpaired) electrons. The Bertz CT molecular complexity index is 177. The Hall–Kier alpha value is -0.160. The minimum atomic E-state index is 0.551. The fraction of sp³-hybridized carbons (Fsp3) is 1.00. The largest absolute Gasteiger partial charge is 0.380 e. The van der Waals surface area contributed by atoms with Crippen LogP contribution < -0.4 is 5.32 Å². The Morgan fingerprint density at radius 1 is 1.27 bits per heavy atom. The Labute approximate surface area is 91.9 Å². The maximum Gasteiger partial charge on any atom is 0.0620 e. The van der Waals surface area contributed by atoms with Gasteiger partial charge in [0.1, 0.15) is 0 Å². The molecule has 0 saturated carbocycles. The molecule has 15 heavy (non-hydrogen) atoms. The molecule has 4 nitrogen and oxygen atoms in total. The van der Waals surface area contributed by atoms with E-state index in [0.717, 1.165) is 52.5 Å². The summed E-state index contributed by atoms with van der Waals surface area (Å²) in [5.41, 5.74) is 0. The second-order valence-electron chi connectivity index (χ2n) is 4.54. The fourth-order valence-corrected chi connectivity index (χ4v) is 2.29. The molecule has 0 aromatic rings. The lowest BCUT2D eigenvalue weighted by Crippen LogP contribution is -2.47. The molecule has 88 valence electrons. The van der Waals surface area contributed by atoms with Gasteiger partial charge in [0.25, 0.3) is 0 Å². The zero-order chi connectivity index (χ0) is 10.5. The number of ether oxygens (including phenoxy) is 2. The minimum Gasteiger partial charge on any atom is -0.380 e. The van der Waals surface area contributed by atoms with Crippen molar-refractivity contribution in [3.05, 3.63) is 0 Å². The molecule has 2 aliphatic heterocycles. The van der Waals surface area contributed by atoms with E-state index < -0.39 is 0 Å². The Kier molecular flexibility index (Phi) is 4.38. The molecular weight excluding hydrogens is 192 g/mol. The van der Waals surface area contributed by atoms with Gasteiger partial charge in [-0.25, -0.2) is 0 Å². The normalized spacial score (nSPS) is 30.6. The molecule has 2 atom stereocenters. The van der Waals surface area contributed by atoms with Crippen LogP contribution in [0.3, 0.4) is 0 Å². The van der Waals surface area contributed by atoms with Crippen LogP contribution in [0.15, 0.2) is 0 Å². The predicted octanol–water partition coefficient (Wildman–Crippen LogP) is 0.0856. The van der Waals surface area contributed by atoms with Gasteiger partial charge in [0.2, 0.25) is 0 Å².